The van der Waals surface area contributed by atoms with Crippen molar-refractivity contribution >= 4 is 11.0 Å². The van der Waals surface area contributed by atoms with Crippen molar-refractivity contribution in [1.82, 2.24) is 5.32 Å². The first-order valence-electron chi connectivity index (χ1n) is 5.18. The lowest BCUT2D eigenvalue weighted by Gasteiger charge is -2.00. The number of para-hydroxylation sites is 1. The Balaban J connectivity index is 2.05. The number of nitrogens with one attached hydrogen (secondary N) is 1. The number of halogens is 1. The molecule has 1 aromatic carbocycles. The second kappa shape index (κ2) is 5.09. The van der Waals surface area contributed by atoms with Gasteiger partial charge in [-0.3, -0.25) is 0 Å². The summed E-state index contributed by atoms with van der Waals surface area (Å²) >= 11 is 0. The van der Waals surface area contributed by atoms with Crippen LogP contribution >= 0.6 is 0 Å². The van der Waals surface area contributed by atoms with Crippen molar-refractivity contribution < 1.29 is 13.5 Å². The lowest BCUT2D eigenvalue weighted by atomic mass is 10.2. The van der Waals surface area contributed by atoms with E-state index in [0.29, 0.717) is 18.7 Å². The molecule has 4 heteroatoms. The molecule has 2 rings (SSSR count). The van der Waals surface area contributed by atoms with Gasteiger partial charge in [0, 0.05) is 19.0 Å². The fraction of sp³-hybridized carbons (Fsp3) is 0.333. The molecule has 0 aliphatic carbocycles. The van der Waals surface area contributed by atoms with Crippen molar-refractivity contribution in [2.24, 2.45) is 0 Å². The second-order valence-corrected chi connectivity index (χ2v) is 3.54. The van der Waals surface area contributed by atoms with E-state index in [0.717, 1.165) is 17.7 Å². The second-order valence-electron chi connectivity index (χ2n) is 3.54. The third kappa shape index (κ3) is 2.40. The lowest BCUT2D eigenvalue weighted by molar-refractivity contribution is 0.198. The Labute approximate surface area is 93.2 Å². The van der Waals surface area contributed by atoms with Crippen LogP contribution in [0, 0.1) is 5.82 Å². The van der Waals surface area contributed by atoms with E-state index in [9.17, 15) is 4.39 Å². The average Bonchev–Trinajstić information content (AvgIpc) is 2.69. The van der Waals surface area contributed by atoms with Crippen LogP contribution in [-0.2, 0) is 11.3 Å². The van der Waals surface area contributed by atoms with Crippen molar-refractivity contribution in [3.05, 3.63) is 35.8 Å². The summed E-state index contributed by atoms with van der Waals surface area (Å²) in [5.41, 5.74) is 0.325. The molecule has 0 saturated heterocycles. The molecule has 0 radical (unpaired) electrons. The highest BCUT2D eigenvalue weighted by atomic mass is 19.1. The molecular formula is C12H14FNO2. The van der Waals surface area contributed by atoms with Gasteiger partial charge in [0.15, 0.2) is 11.4 Å². The standard InChI is InChI=1S/C12H14FNO2/c1-15-6-5-14-8-10-7-9-3-2-4-11(13)12(9)16-10/h2-4,7,14H,5-6,8H2,1H3. The number of furan rings is 1. The molecule has 3 nitrogen and oxygen atoms in total. The van der Waals surface area contributed by atoms with Crippen molar-refractivity contribution in [2.75, 3.05) is 20.3 Å². The fourth-order valence-corrected chi connectivity index (χ4v) is 1.55. The van der Waals surface area contributed by atoms with Gasteiger partial charge in [-0.25, -0.2) is 4.39 Å². The van der Waals surface area contributed by atoms with Crippen LogP contribution in [0.4, 0.5) is 4.39 Å². The molecule has 0 saturated carbocycles. The van der Waals surface area contributed by atoms with E-state index in [1.54, 1.807) is 13.2 Å². The Bertz CT molecular complexity index is 467. The third-order valence-electron chi connectivity index (χ3n) is 2.33. The molecule has 0 amide bonds. The number of fused-ring (bicyclic) bond motifs is 1. The summed E-state index contributed by atoms with van der Waals surface area (Å²) in [6.45, 7) is 1.97. The third-order valence-corrected chi connectivity index (χ3v) is 2.33. The van der Waals surface area contributed by atoms with Crippen LogP contribution in [0.15, 0.2) is 28.7 Å². The predicted octanol–water partition coefficient (Wildman–Crippen LogP) is 2.31. The normalized spacial score (nSPS) is 11.1. The highest BCUT2D eigenvalue weighted by Crippen LogP contribution is 2.21. The smallest absolute Gasteiger partial charge is 0.169 e. The van der Waals surface area contributed by atoms with Crippen molar-refractivity contribution in [3.8, 4) is 0 Å². The zero-order chi connectivity index (χ0) is 11.4. The number of ether oxygens (including phenoxy) is 1. The summed E-state index contributed by atoms with van der Waals surface area (Å²) < 4.78 is 23.6. The number of hydrogen-bond acceptors (Lipinski definition) is 3. The van der Waals surface area contributed by atoms with Crippen molar-refractivity contribution in [2.45, 2.75) is 6.54 Å². The van der Waals surface area contributed by atoms with Crippen LogP contribution in [0.3, 0.4) is 0 Å². The van der Waals surface area contributed by atoms with Crippen LogP contribution in [0.1, 0.15) is 5.76 Å². The lowest BCUT2D eigenvalue weighted by Crippen LogP contribution is -2.18. The van der Waals surface area contributed by atoms with E-state index in [4.69, 9.17) is 9.15 Å². The largest absolute Gasteiger partial charge is 0.457 e. The minimum Gasteiger partial charge on any atom is -0.457 e. The first kappa shape index (κ1) is 11.1. The molecule has 1 N–H and O–H groups in total. The quantitative estimate of drug-likeness (QED) is 0.790. The molecule has 1 aromatic heterocycles. The molecule has 0 aliphatic rings. The Kier molecular flexibility index (Phi) is 3.54. The van der Waals surface area contributed by atoms with E-state index >= 15 is 0 Å². The number of hydrogen-bond donors (Lipinski definition) is 1. The van der Waals surface area contributed by atoms with E-state index in [1.165, 1.54) is 6.07 Å². The van der Waals surface area contributed by atoms with Crippen molar-refractivity contribution in [1.29, 1.82) is 0 Å². The van der Waals surface area contributed by atoms with Crippen LogP contribution in [0.2, 0.25) is 0 Å². The molecule has 2 aromatic rings. The van der Waals surface area contributed by atoms with Gasteiger partial charge in [0.2, 0.25) is 0 Å². The summed E-state index contributed by atoms with van der Waals surface area (Å²) in [5, 5.41) is 3.94. The van der Waals surface area contributed by atoms with Gasteiger partial charge < -0.3 is 14.5 Å². The summed E-state index contributed by atoms with van der Waals surface area (Å²) in [6, 6.07) is 6.75. The van der Waals surface area contributed by atoms with Crippen LogP contribution in [-0.4, -0.2) is 20.3 Å². The first-order chi connectivity index (χ1) is 7.81. The summed E-state index contributed by atoms with van der Waals surface area (Å²) in [5.74, 6) is 0.414. The number of benzene rings is 1. The fourth-order valence-electron chi connectivity index (χ4n) is 1.55. The van der Waals surface area contributed by atoms with Crippen LogP contribution in [0.5, 0.6) is 0 Å². The highest BCUT2D eigenvalue weighted by molar-refractivity contribution is 5.78. The molecular weight excluding hydrogens is 209 g/mol. The van der Waals surface area contributed by atoms with Gasteiger partial charge in [0.05, 0.1) is 13.2 Å². The molecule has 0 spiro atoms. The number of rotatable bonds is 5. The van der Waals surface area contributed by atoms with E-state index in [1.807, 2.05) is 12.1 Å². The summed E-state index contributed by atoms with van der Waals surface area (Å²) in [4.78, 5) is 0. The van der Waals surface area contributed by atoms with Crippen LogP contribution in [0.25, 0.3) is 11.0 Å². The molecule has 0 aliphatic heterocycles. The topological polar surface area (TPSA) is 34.4 Å². The maximum absolute atomic E-state index is 13.3. The van der Waals surface area contributed by atoms with Gasteiger partial charge in [-0.15, -0.1) is 0 Å². The Morgan fingerprint density at radius 2 is 2.31 bits per heavy atom. The molecule has 0 fully saturated rings. The van der Waals surface area contributed by atoms with Gasteiger partial charge >= 0.3 is 0 Å². The summed E-state index contributed by atoms with van der Waals surface area (Å²) in [6.07, 6.45) is 0. The minimum absolute atomic E-state index is 0.319. The zero-order valence-corrected chi connectivity index (χ0v) is 9.13. The van der Waals surface area contributed by atoms with Gasteiger partial charge in [0.25, 0.3) is 0 Å². The van der Waals surface area contributed by atoms with Gasteiger partial charge in [0.1, 0.15) is 5.76 Å². The maximum Gasteiger partial charge on any atom is 0.169 e. The van der Waals surface area contributed by atoms with E-state index < -0.39 is 0 Å². The molecule has 86 valence electrons. The Hall–Kier alpha value is -1.39. The monoisotopic (exact) mass is 223 g/mol. The highest BCUT2D eigenvalue weighted by Gasteiger charge is 2.06. The average molecular weight is 223 g/mol. The molecule has 16 heavy (non-hydrogen) atoms. The number of methoxy groups -OCH3 is 1. The molecule has 0 unspecified atom stereocenters. The predicted molar refractivity (Wildman–Crippen MR) is 59.8 cm³/mol. The first-order valence-corrected chi connectivity index (χ1v) is 5.18. The maximum atomic E-state index is 13.3. The summed E-state index contributed by atoms with van der Waals surface area (Å²) in [7, 11) is 1.65. The molecule has 1 heterocycles. The Morgan fingerprint density at radius 3 is 3.06 bits per heavy atom. The molecule has 0 bridgehead atoms. The van der Waals surface area contributed by atoms with Gasteiger partial charge in [-0.1, -0.05) is 12.1 Å². The van der Waals surface area contributed by atoms with Crippen LogP contribution < -0.4 is 5.32 Å². The molecule has 0 atom stereocenters. The van der Waals surface area contributed by atoms with Gasteiger partial charge in [-0.2, -0.15) is 0 Å². The Morgan fingerprint density at radius 1 is 1.44 bits per heavy atom. The van der Waals surface area contributed by atoms with Crippen molar-refractivity contribution in [3.63, 3.8) is 0 Å². The van der Waals surface area contributed by atoms with Gasteiger partial charge in [-0.05, 0) is 12.1 Å². The van der Waals surface area contributed by atoms with E-state index in [-0.39, 0.29) is 5.82 Å². The SMILES string of the molecule is COCCNCc1cc2cccc(F)c2o1. The zero-order valence-electron chi connectivity index (χ0n) is 9.13. The van der Waals surface area contributed by atoms with E-state index in [2.05, 4.69) is 5.32 Å². The minimum atomic E-state index is -0.319.